The zero-order chi connectivity index (χ0) is 15.2. The number of aliphatic hydroxyl groups excluding tert-OH is 1. The van der Waals surface area contributed by atoms with Gasteiger partial charge in [-0.15, -0.1) is 0 Å². The smallest absolute Gasteiger partial charge is 0.311 e. The summed E-state index contributed by atoms with van der Waals surface area (Å²) in [5.41, 5.74) is 0.603. The normalized spacial score (nSPS) is 11.7. The summed E-state index contributed by atoms with van der Waals surface area (Å²) >= 11 is 0. The van der Waals surface area contributed by atoms with Crippen LogP contribution in [-0.4, -0.2) is 28.6 Å². The van der Waals surface area contributed by atoms with E-state index in [0.717, 1.165) is 5.56 Å². The highest BCUT2D eigenvalue weighted by atomic mass is 16.6. The van der Waals surface area contributed by atoms with Gasteiger partial charge < -0.3 is 15.7 Å². The first-order chi connectivity index (χ1) is 10.1. The first kappa shape index (κ1) is 14.7. The van der Waals surface area contributed by atoms with Crippen LogP contribution in [0.15, 0.2) is 42.5 Å². The van der Waals surface area contributed by atoms with Gasteiger partial charge in [-0.25, -0.2) is 4.98 Å². The van der Waals surface area contributed by atoms with E-state index in [1.165, 1.54) is 12.1 Å². The Balaban J connectivity index is 2.13. The number of aromatic nitrogens is 1. The molecule has 0 saturated carbocycles. The Labute approximate surface area is 121 Å². The van der Waals surface area contributed by atoms with Crippen molar-refractivity contribution in [2.75, 3.05) is 24.2 Å². The number of pyridine rings is 1. The number of rotatable bonds is 6. The van der Waals surface area contributed by atoms with Gasteiger partial charge in [0.25, 0.3) is 0 Å². The largest absolute Gasteiger partial charge is 0.387 e. The molecule has 3 N–H and O–H groups in total. The molecule has 110 valence electrons. The van der Waals surface area contributed by atoms with Crippen LogP contribution in [0, 0.1) is 10.1 Å². The molecule has 21 heavy (non-hydrogen) atoms. The van der Waals surface area contributed by atoms with Gasteiger partial charge in [0.15, 0.2) is 0 Å². The summed E-state index contributed by atoms with van der Waals surface area (Å²) in [6.45, 7) is 0.130. The molecule has 0 fully saturated rings. The molecule has 1 unspecified atom stereocenters. The van der Waals surface area contributed by atoms with Crippen molar-refractivity contribution in [2.45, 2.75) is 6.10 Å². The summed E-state index contributed by atoms with van der Waals surface area (Å²) in [6.07, 6.45) is -0.772. The molecular weight excluding hydrogens is 272 g/mol. The van der Waals surface area contributed by atoms with Crippen LogP contribution in [0.3, 0.4) is 0 Å². The molecule has 2 rings (SSSR count). The second-order valence-electron chi connectivity index (χ2n) is 4.38. The van der Waals surface area contributed by atoms with Crippen LogP contribution in [-0.2, 0) is 0 Å². The number of hydrogen-bond acceptors (Lipinski definition) is 6. The lowest BCUT2D eigenvalue weighted by Crippen LogP contribution is -2.14. The van der Waals surface area contributed by atoms with Gasteiger partial charge in [0.2, 0.25) is 5.82 Å². The lowest BCUT2D eigenvalue weighted by molar-refractivity contribution is -0.384. The van der Waals surface area contributed by atoms with E-state index in [4.69, 9.17) is 0 Å². The number of benzene rings is 1. The van der Waals surface area contributed by atoms with Gasteiger partial charge in [-0.1, -0.05) is 30.3 Å². The molecule has 0 aliphatic carbocycles. The average molecular weight is 288 g/mol. The standard InChI is InChI=1S/C14H16N4O3/c1-15-13-8-7-11(18(20)21)14(17-13)16-9-12(19)10-5-3-2-4-6-10/h2-8,12,19H,9H2,1H3,(H2,15,16,17). The molecule has 0 bridgehead atoms. The third-order valence-corrected chi connectivity index (χ3v) is 2.97. The van der Waals surface area contributed by atoms with E-state index in [-0.39, 0.29) is 18.1 Å². The van der Waals surface area contributed by atoms with Crippen LogP contribution < -0.4 is 10.6 Å². The van der Waals surface area contributed by atoms with Crippen LogP contribution >= 0.6 is 0 Å². The predicted octanol–water partition coefficient (Wildman–Crippen LogP) is 2.18. The number of anilines is 2. The Morgan fingerprint density at radius 3 is 2.62 bits per heavy atom. The van der Waals surface area contributed by atoms with Gasteiger partial charge in [-0.05, 0) is 11.6 Å². The average Bonchev–Trinajstić information content (AvgIpc) is 2.52. The van der Waals surface area contributed by atoms with Crippen molar-refractivity contribution in [2.24, 2.45) is 0 Å². The molecule has 0 aliphatic heterocycles. The van der Waals surface area contributed by atoms with Crippen LogP contribution in [0.2, 0.25) is 0 Å². The fourth-order valence-corrected chi connectivity index (χ4v) is 1.85. The summed E-state index contributed by atoms with van der Waals surface area (Å²) in [5.74, 6) is 0.638. The molecule has 7 heteroatoms. The molecule has 2 aromatic rings. The SMILES string of the molecule is CNc1ccc([N+](=O)[O-])c(NCC(O)c2ccccc2)n1. The maximum absolute atomic E-state index is 11.0. The molecule has 0 amide bonds. The van der Waals surface area contributed by atoms with Crippen molar-refractivity contribution in [1.82, 2.24) is 4.98 Å². The fourth-order valence-electron chi connectivity index (χ4n) is 1.85. The maximum Gasteiger partial charge on any atom is 0.311 e. The Morgan fingerprint density at radius 2 is 2.00 bits per heavy atom. The third kappa shape index (κ3) is 3.67. The molecule has 0 saturated heterocycles. The number of hydrogen-bond donors (Lipinski definition) is 3. The van der Waals surface area contributed by atoms with Crippen molar-refractivity contribution in [3.05, 3.63) is 58.1 Å². The third-order valence-electron chi connectivity index (χ3n) is 2.97. The molecule has 7 nitrogen and oxygen atoms in total. The Morgan fingerprint density at radius 1 is 1.29 bits per heavy atom. The van der Waals surface area contributed by atoms with Gasteiger partial charge in [-0.2, -0.15) is 0 Å². The minimum Gasteiger partial charge on any atom is -0.387 e. The second kappa shape index (κ2) is 6.67. The summed E-state index contributed by atoms with van der Waals surface area (Å²) in [5, 5.41) is 26.7. The molecule has 0 spiro atoms. The molecule has 0 radical (unpaired) electrons. The van der Waals surface area contributed by atoms with Gasteiger partial charge in [0, 0.05) is 19.7 Å². The topological polar surface area (TPSA) is 100 Å². The van der Waals surface area contributed by atoms with Crippen molar-refractivity contribution >= 4 is 17.3 Å². The van der Waals surface area contributed by atoms with Crippen LogP contribution in [0.25, 0.3) is 0 Å². The van der Waals surface area contributed by atoms with E-state index in [1.54, 1.807) is 19.2 Å². The van der Waals surface area contributed by atoms with Crippen molar-refractivity contribution in [3.63, 3.8) is 0 Å². The van der Waals surface area contributed by atoms with E-state index in [1.807, 2.05) is 18.2 Å². The number of nitrogens with one attached hydrogen (secondary N) is 2. The zero-order valence-electron chi connectivity index (χ0n) is 11.5. The monoisotopic (exact) mass is 288 g/mol. The van der Waals surface area contributed by atoms with E-state index < -0.39 is 11.0 Å². The molecule has 0 aliphatic rings. The van der Waals surface area contributed by atoms with Gasteiger partial charge >= 0.3 is 5.69 Å². The van der Waals surface area contributed by atoms with Gasteiger partial charge in [-0.3, -0.25) is 10.1 Å². The zero-order valence-corrected chi connectivity index (χ0v) is 11.5. The quantitative estimate of drug-likeness (QED) is 0.556. The summed E-state index contributed by atoms with van der Waals surface area (Å²) < 4.78 is 0. The molecular formula is C14H16N4O3. The van der Waals surface area contributed by atoms with Gasteiger partial charge in [0.1, 0.15) is 5.82 Å². The summed E-state index contributed by atoms with van der Waals surface area (Å²) in [4.78, 5) is 14.6. The van der Waals surface area contributed by atoms with Crippen molar-refractivity contribution in [1.29, 1.82) is 0 Å². The minimum atomic E-state index is -0.772. The first-order valence-corrected chi connectivity index (χ1v) is 6.42. The Hall–Kier alpha value is -2.67. The van der Waals surface area contributed by atoms with Gasteiger partial charge in [0.05, 0.1) is 11.0 Å². The van der Waals surface area contributed by atoms with E-state index in [2.05, 4.69) is 15.6 Å². The Bertz CT molecular complexity index is 619. The fraction of sp³-hybridized carbons (Fsp3) is 0.214. The maximum atomic E-state index is 11.0. The number of aliphatic hydroxyl groups is 1. The van der Waals surface area contributed by atoms with Crippen LogP contribution in [0.4, 0.5) is 17.3 Å². The lowest BCUT2D eigenvalue weighted by Gasteiger charge is -2.13. The predicted molar refractivity (Wildman–Crippen MR) is 80.3 cm³/mol. The lowest BCUT2D eigenvalue weighted by atomic mass is 10.1. The van der Waals surface area contributed by atoms with E-state index >= 15 is 0 Å². The summed E-state index contributed by atoms with van der Waals surface area (Å²) in [6, 6.07) is 12.0. The highest BCUT2D eigenvalue weighted by molar-refractivity contribution is 5.60. The summed E-state index contributed by atoms with van der Waals surface area (Å²) in [7, 11) is 1.68. The highest BCUT2D eigenvalue weighted by Gasteiger charge is 2.17. The Kier molecular flexibility index (Phi) is 4.68. The first-order valence-electron chi connectivity index (χ1n) is 6.42. The van der Waals surface area contributed by atoms with Crippen LogP contribution in [0.5, 0.6) is 0 Å². The highest BCUT2D eigenvalue weighted by Crippen LogP contribution is 2.24. The van der Waals surface area contributed by atoms with E-state index in [9.17, 15) is 15.2 Å². The molecule has 1 atom stereocenters. The number of nitrogens with zero attached hydrogens (tertiary/aromatic N) is 2. The molecule has 1 aromatic carbocycles. The molecule has 1 aromatic heterocycles. The number of nitro groups is 1. The molecule has 1 heterocycles. The minimum absolute atomic E-state index is 0.127. The van der Waals surface area contributed by atoms with Crippen LogP contribution in [0.1, 0.15) is 11.7 Å². The van der Waals surface area contributed by atoms with E-state index in [0.29, 0.717) is 5.82 Å². The van der Waals surface area contributed by atoms with Crippen molar-refractivity contribution < 1.29 is 10.0 Å². The second-order valence-corrected chi connectivity index (χ2v) is 4.38. The van der Waals surface area contributed by atoms with Crippen molar-refractivity contribution in [3.8, 4) is 0 Å².